The van der Waals surface area contributed by atoms with E-state index in [1.807, 2.05) is 0 Å². The van der Waals surface area contributed by atoms with Crippen molar-refractivity contribution in [2.75, 3.05) is 85.1 Å². The molecule has 0 unspecified atom stereocenters. The minimum atomic E-state index is -2.08. The Morgan fingerprint density at radius 3 is 1.08 bits per heavy atom. The van der Waals surface area contributed by atoms with Gasteiger partial charge in [0.15, 0.2) is 0 Å². The molecule has 1 aliphatic heterocycles. The zero-order valence-corrected chi connectivity index (χ0v) is 41.8. The van der Waals surface area contributed by atoms with Gasteiger partial charge in [0.2, 0.25) is 0 Å². The maximum absolute atomic E-state index is 6.01. The monoisotopic (exact) mass is 870 g/mol. The van der Waals surface area contributed by atoms with Crippen molar-refractivity contribution >= 4 is 35.7 Å². The van der Waals surface area contributed by atoms with Gasteiger partial charge in [-0.25, -0.2) is 0 Å². The Morgan fingerprint density at radius 1 is 0.459 bits per heavy atom. The van der Waals surface area contributed by atoms with E-state index >= 15 is 0 Å². The Labute approximate surface area is 375 Å². The van der Waals surface area contributed by atoms with Crippen LogP contribution in [0.5, 0.6) is 0 Å². The van der Waals surface area contributed by atoms with Crippen molar-refractivity contribution in [3.05, 3.63) is 121 Å². The topological polar surface area (TPSA) is 64.1 Å². The molecule has 0 saturated carbocycles. The fourth-order valence-electron chi connectivity index (χ4n) is 11.7. The Hall–Kier alpha value is -2.46. The van der Waals surface area contributed by atoms with Gasteiger partial charge in [0, 0.05) is 0 Å². The number of nitrogens with one attached hydrogen (secondary N) is 1. The zero-order valence-electron chi connectivity index (χ0n) is 39.8. The SMILES string of the molecule is CC1(C)CC([N+](C)(C)CCCC[PH](CCCC[PH](CCCC[N+](C)(CCCN)CCCN)(c2ccccc2)c2ccccc2)(c2ccccc2)c2ccccc2)CC(C)(C)N1. The minimum absolute atomic E-state index is 0.168. The van der Waals surface area contributed by atoms with Gasteiger partial charge in [0.25, 0.3) is 0 Å². The summed E-state index contributed by atoms with van der Waals surface area (Å²) in [4.78, 5) is 0. The van der Waals surface area contributed by atoms with Crippen molar-refractivity contribution in [2.24, 2.45) is 11.5 Å². The van der Waals surface area contributed by atoms with E-state index in [0.717, 1.165) is 48.0 Å². The summed E-state index contributed by atoms with van der Waals surface area (Å²) >= 11 is 0. The van der Waals surface area contributed by atoms with Crippen LogP contribution < -0.4 is 38.0 Å². The van der Waals surface area contributed by atoms with Crippen LogP contribution in [-0.4, -0.2) is 111 Å². The first-order valence-corrected chi connectivity index (χ1v) is 29.1. The number of rotatable bonds is 26. The first-order chi connectivity index (χ1) is 29.2. The van der Waals surface area contributed by atoms with E-state index in [9.17, 15) is 0 Å². The normalized spacial score (nSPS) is 16.7. The summed E-state index contributed by atoms with van der Waals surface area (Å²) in [5, 5.41) is 10.4. The molecule has 1 fully saturated rings. The van der Waals surface area contributed by atoms with Crippen molar-refractivity contribution < 1.29 is 8.97 Å². The van der Waals surface area contributed by atoms with Gasteiger partial charge in [-0.1, -0.05) is 0 Å². The molecule has 0 bridgehead atoms. The van der Waals surface area contributed by atoms with Gasteiger partial charge in [0.05, 0.1) is 0 Å². The van der Waals surface area contributed by atoms with E-state index in [1.165, 1.54) is 89.1 Å². The molecule has 1 saturated heterocycles. The molecule has 7 heteroatoms. The molecule has 5 rings (SSSR count). The molecule has 0 spiro atoms. The summed E-state index contributed by atoms with van der Waals surface area (Å²) in [6.45, 7) is 15.9. The number of piperidine rings is 1. The first-order valence-electron chi connectivity index (χ1n) is 24.3. The van der Waals surface area contributed by atoms with Gasteiger partial charge in [-0.15, -0.1) is 0 Å². The number of benzene rings is 4. The van der Waals surface area contributed by atoms with Gasteiger partial charge in [0.1, 0.15) is 0 Å². The first kappa shape index (κ1) is 49.6. The second-order valence-corrected chi connectivity index (χ2v) is 29.9. The molecule has 0 aliphatic carbocycles. The summed E-state index contributed by atoms with van der Waals surface area (Å²) in [5.41, 5.74) is 12.4. The summed E-state index contributed by atoms with van der Waals surface area (Å²) in [6, 6.07) is 47.7. The van der Waals surface area contributed by atoms with Crippen molar-refractivity contribution in [1.29, 1.82) is 0 Å². The molecule has 338 valence electrons. The average Bonchev–Trinajstić information content (AvgIpc) is 3.25. The number of unbranched alkanes of at least 4 members (excludes halogenated alkanes) is 3. The molecule has 5 N–H and O–H groups in total. The van der Waals surface area contributed by atoms with Gasteiger partial charge >= 0.3 is 377 Å². The average molecular weight is 870 g/mol. The molecule has 0 radical (unpaired) electrons. The fraction of sp³-hybridized carbons (Fsp3) is 0.556. The van der Waals surface area contributed by atoms with E-state index in [2.05, 4.69) is 175 Å². The predicted octanol–water partition coefficient (Wildman–Crippen LogP) is 8.66. The van der Waals surface area contributed by atoms with E-state index in [4.69, 9.17) is 11.5 Å². The molecule has 1 aliphatic rings. The molecular formula is C54H89N5P2+2. The van der Waals surface area contributed by atoms with Crippen LogP contribution in [0, 0.1) is 0 Å². The predicted molar refractivity (Wildman–Crippen MR) is 278 cm³/mol. The van der Waals surface area contributed by atoms with Crippen LogP contribution in [0.4, 0.5) is 0 Å². The van der Waals surface area contributed by atoms with E-state index in [0.29, 0.717) is 6.04 Å². The summed E-state index contributed by atoms with van der Waals surface area (Å²) in [7, 11) is 3.31. The summed E-state index contributed by atoms with van der Waals surface area (Å²) in [6.07, 6.45) is 17.5. The molecule has 5 nitrogen and oxygen atoms in total. The molecular weight excluding hydrogens is 781 g/mol. The number of nitrogens with two attached hydrogens (primary N) is 2. The third-order valence-corrected chi connectivity index (χ3v) is 25.4. The van der Waals surface area contributed by atoms with Crippen molar-refractivity contribution in [3.8, 4) is 0 Å². The Bertz CT molecular complexity index is 1710. The molecule has 0 aromatic heterocycles. The van der Waals surface area contributed by atoms with E-state index in [-0.39, 0.29) is 11.1 Å². The zero-order chi connectivity index (χ0) is 43.9. The molecule has 1 heterocycles. The molecule has 4 aromatic carbocycles. The van der Waals surface area contributed by atoms with Gasteiger partial charge < -0.3 is 0 Å². The summed E-state index contributed by atoms with van der Waals surface area (Å²) in [5.74, 6) is 0. The maximum atomic E-state index is 6.01. The number of hydrogen-bond donors (Lipinski definition) is 3. The van der Waals surface area contributed by atoms with Crippen LogP contribution in [0.2, 0.25) is 0 Å². The molecule has 0 atom stereocenters. The quantitative estimate of drug-likeness (QED) is 0.0337. The van der Waals surface area contributed by atoms with Crippen molar-refractivity contribution in [1.82, 2.24) is 5.32 Å². The third-order valence-electron chi connectivity index (χ3n) is 14.9. The molecule has 0 amide bonds. The Balaban J connectivity index is 1.37. The molecule has 4 aromatic rings. The van der Waals surface area contributed by atoms with E-state index in [1.54, 1.807) is 21.2 Å². The van der Waals surface area contributed by atoms with Crippen molar-refractivity contribution in [3.63, 3.8) is 0 Å². The number of nitrogens with zero attached hydrogens (tertiary/aromatic N) is 2. The third kappa shape index (κ3) is 14.0. The second-order valence-electron chi connectivity index (χ2n) is 21.3. The van der Waals surface area contributed by atoms with Crippen LogP contribution in [0.3, 0.4) is 0 Å². The van der Waals surface area contributed by atoms with Crippen LogP contribution >= 0.6 is 14.5 Å². The molecule has 61 heavy (non-hydrogen) atoms. The van der Waals surface area contributed by atoms with Crippen LogP contribution in [-0.2, 0) is 0 Å². The van der Waals surface area contributed by atoms with Crippen LogP contribution in [0.1, 0.15) is 91.9 Å². The van der Waals surface area contributed by atoms with Crippen molar-refractivity contribution in [2.45, 2.75) is 109 Å². The van der Waals surface area contributed by atoms with Crippen LogP contribution in [0.25, 0.3) is 0 Å². The summed E-state index contributed by atoms with van der Waals surface area (Å²) < 4.78 is 2.21. The van der Waals surface area contributed by atoms with Gasteiger partial charge in [-0.2, -0.15) is 0 Å². The van der Waals surface area contributed by atoms with Crippen LogP contribution in [0.15, 0.2) is 121 Å². The standard InChI is InChI=1S/C54H89N5P2/c1-53(2)46-48(47-54(3,4)57-53)58(5,6)38-20-22-42-60(49-28-12-8-13-29-49,50-30-14-9-15-31-50)44-24-25-45-61(51-32-16-10-17-33-51,52-34-18-11-19-35-52)43-23-21-39-59(7,40-26-36-55)41-27-37-56/h8-19,28-35,48,57,60-61H,20-27,36-47,55-56H2,1-7H3/q+2. The number of quaternary nitrogens is 2. The fourth-order valence-corrected chi connectivity index (χ4v) is 21.9. The Kier molecular flexibility index (Phi) is 18.6. The van der Waals surface area contributed by atoms with Gasteiger partial charge in [-0.3, -0.25) is 0 Å². The van der Waals surface area contributed by atoms with E-state index < -0.39 is 14.5 Å². The second kappa shape index (κ2) is 22.9. The number of hydrogen-bond acceptors (Lipinski definition) is 3. The Morgan fingerprint density at radius 2 is 0.754 bits per heavy atom. The van der Waals surface area contributed by atoms with Gasteiger partial charge in [-0.05, 0) is 0 Å².